The van der Waals surface area contributed by atoms with Crippen LogP contribution in [0.2, 0.25) is 0 Å². The number of benzene rings is 1. The first kappa shape index (κ1) is 13.4. The number of nitrogens with two attached hydrogens (primary N) is 1. The van der Waals surface area contributed by atoms with Gasteiger partial charge in [0.2, 0.25) is 0 Å². The molecule has 0 saturated carbocycles. The normalized spacial score (nSPS) is 10.4. The summed E-state index contributed by atoms with van der Waals surface area (Å²) in [5.74, 6) is -0.458. The van der Waals surface area contributed by atoms with Gasteiger partial charge < -0.3 is 5.73 Å². The fourth-order valence-corrected chi connectivity index (χ4v) is 1.78. The molecule has 2 N–H and O–H groups in total. The third-order valence-electron chi connectivity index (χ3n) is 2.66. The molecule has 0 radical (unpaired) electrons. The Morgan fingerprint density at radius 1 is 1.42 bits per heavy atom. The lowest BCUT2D eigenvalue weighted by Crippen LogP contribution is -2.23. The molecule has 0 aliphatic heterocycles. The summed E-state index contributed by atoms with van der Waals surface area (Å²) in [6.45, 7) is 1.84. The number of hydrogen-bond acceptors (Lipinski definition) is 3. The molecule has 98 valence electrons. The van der Waals surface area contributed by atoms with E-state index in [-0.39, 0.29) is 17.1 Å². The molecule has 0 spiro atoms. The van der Waals surface area contributed by atoms with E-state index in [1.807, 2.05) is 0 Å². The Hall–Kier alpha value is -2.08. The summed E-state index contributed by atoms with van der Waals surface area (Å²) in [6.07, 6.45) is 0. The van der Waals surface area contributed by atoms with Crippen molar-refractivity contribution in [3.05, 3.63) is 63.3 Å². The first-order valence-electron chi connectivity index (χ1n) is 5.60. The number of halogens is 1. The second-order valence-corrected chi connectivity index (χ2v) is 4.58. The number of aryl methyl sites for hydroxylation is 1. The van der Waals surface area contributed by atoms with Gasteiger partial charge in [0.1, 0.15) is 10.8 Å². The molecule has 0 aliphatic rings. The molecular weight excluding hydrogens is 265 g/mol. The second kappa shape index (κ2) is 5.27. The van der Waals surface area contributed by atoms with E-state index >= 15 is 0 Å². The van der Waals surface area contributed by atoms with E-state index < -0.39 is 5.82 Å². The van der Waals surface area contributed by atoms with Crippen molar-refractivity contribution >= 4 is 17.2 Å². The zero-order valence-electron chi connectivity index (χ0n) is 10.3. The van der Waals surface area contributed by atoms with E-state index in [1.54, 1.807) is 25.1 Å². The van der Waals surface area contributed by atoms with Crippen molar-refractivity contribution < 1.29 is 4.39 Å². The van der Waals surface area contributed by atoms with Gasteiger partial charge in [-0.05, 0) is 19.1 Å². The van der Waals surface area contributed by atoms with E-state index in [9.17, 15) is 9.18 Å². The molecule has 0 atom stereocenters. The van der Waals surface area contributed by atoms with Crippen LogP contribution in [0.25, 0.3) is 0 Å². The first-order valence-corrected chi connectivity index (χ1v) is 6.01. The zero-order chi connectivity index (χ0) is 14.0. The smallest absolute Gasteiger partial charge is 0.267 e. The average Bonchev–Trinajstić information content (AvgIpc) is 2.36. The summed E-state index contributed by atoms with van der Waals surface area (Å²) in [4.78, 5) is 11.7. The largest absolute Gasteiger partial charge is 0.389 e. The molecular formula is C13H12FN3OS. The van der Waals surface area contributed by atoms with Crippen LogP contribution in [0.5, 0.6) is 0 Å². The van der Waals surface area contributed by atoms with Crippen LogP contribution in [-0.4, -0.2) is 14.8 Å². The van der Waals surface area contributed by atoms with Crippen LogP contribution in [0.1, 0.15) is 16.8 Å². The van der Waals surface area contributed by atoms with Crippen molar-refractivity contribution in [1.82, 2.24) is 9.78 Å². The molecule has 19 heavy (non-hydrogen) atoms. The lowest BCUT2D eigenvalue weighted by molar-refractivity contribution is 0.568. The Kier molecular flexibility index (Phi) is 3.71. The third kappa shape index (κ3) is 3.03. The van der Waals surface area contributed by atoms with Gasteiger partial charge in [-0.25, -0.2) is 9.07 Å². The fraction of sp³-hybridized carbons (Fsp3) is 0.154. The minimum absolute atomic E-state index is 0.0734. The Morgan fingerprint density at radius 3 is 2.79 bits per heavy atom. The number of nitrogens with zero attached hydrogens (tertiary/aromatic N) is 2. The maximum Gasteiger partial charge on any atom is 0.267 e. The molecule has 0 aliphatic carbocycles. The fourth-order valence-electron chi connectivity index (χ4n) is 1.65. The van der Waals surface area contributed by atoms with E-state index in [2.05, 4.69) is 5.10 Å². The first-order chi connectivity index (χ1) is 8.97. The lowest BCUT2D eigenvalue weighted by atomic mass is 10.1. The van der Waals surface area contributed by atoms with E-state index in [1.165, 1.54) is 16.8 Å². The summed E-state index contributed by atoms with van der Waals surface area (Å²) >= 11 is 4.78. The molecule has 2 aromatic rings. The van der Waals surface area contributed by atoms with E-state index in [0.717, 1.165) is 0 Å². The van der Waals surface area contributed by atoms with Crippen LogP contribution in [0.4, 0.5) is 4.39 Å². The van der Waals surface area contributed by atoms with Gasteiger partial charge in [0, 0.05) is 17.2 Å². The Bertz CT molecular complexity index is 697. The average molecular weight is 277 g/mol. The molecule has 0 saturated heterocycles. The number of rotatable bonds is 3. The van der Waals surface area contributed by atoms with Crippen LogP contribution in [-0.2, 0) is 6.54 Å². The highest BCUT2D eigenvalue weighted by Gasteiger charge is 2.07. The third-order valence-corrected chi connectivity index (χ3v) is 2.89. The molecule has 0 amide bonds. The van der Waals surface area contributed by atoms with Gasteiger partial charge in [0.15, 0.2) is 0 Å². The molecule has 4 nitrogen and oxygen atoms in total. The number of aromatic nitrogens is 2. The van der Waals surface area contributed by atoms with Gasteiger partial charge in [0.25, 0.3) is 5.56 Å². The summed E-state index contributed by atoms with van der Waals surface area (Å²) < 4.78 is 15.1. The van der Waals surface area contributed by atoms with Gasteiger partial charge in [-0.2, -0.15) is 5.10 Å². The van der Waals surface area contributed by atoms with E-state index in [0.29, 0.717) is 16.8 Å². The summed E-state index contributed by atoms with van der Waals surface area (Å²) in [5, 5.41) is 4.05. The summed E-state index contributed by atoms with van der Waals surface area (Å²) in [5.41, 5.74) is 6.67. The van der Waals surface area contributed by atoms with Crippen molar-refractivity contribution in [1.29, 1.82) is 0 Å². The predicted octanol–water partition coefficient (Wildman–Crippen LogP) is 1.37. The quantitative estimate of drug-likeness (QED) is 0.861. The standard InChI is InChI=1S/C13H12FN3OS/c1-8-2-5-12(18)17(16-8)7-10-4-3-9(13(15)19)6-11(10)14/h2-6H,7H2,1H3,(H2,15,19). The van der Waals surface area contributed by atoms with Gasteiger partial charge in [-0.1, -0.05) is 24.4 Å². The summed E-state index contributed by atoms with van der Waals surface area (Å²) in [6, 6.07) is 7.47. The maximum absolute atomic E-state index is 13.9. The van der Waals surface area contributed by atoms with Crippen LogP contribution in [0, 0.1) is 12.7 Å². The molecule has 1 aromatic heterocycles. The van der Waals surface area contributed by atoms with Crippen LogP contribution < -0.4 is 11.3 Å². The molecule has 0 fully saturated rings. The van der Waals surface area contributed by atoms with Crippen LogP contribution >= 0.6 is 12.2 Å². The molecule has 0 unspecified atom stereocenters. The molecule has 2 rings (SSSR count). The Balaban J connectivity index is 2.36. The molecule has 1 aromatic carbocycles. The molecule has 6 heteroatoms. The van der Waals surface area contributed by atoms with Crippen molar-refractivity contribution in [2.24, 2.45) is 5.73 Å². The van der Waals surface area contributed by atoms with Crippen molar-refractivity contribution in [2.45, 2.75) is 13.5 Å². The Morgan fingerprint density at radius 2 is 2.16 bits per heavy atom. The van der Waals surface area contributed by atoms with Gasteiger partial charge in [-0.15, -0.1) is 0 Å². The highest BCUT2D eigenvalue weighted by molar-refractivity contribution is 7.80. The van der Waals surface area contributed by atoms with E-state index in [4.69, 9.17) is 18.0 Å². The number of thiocarbonyl (C=S) groups is 1. The molecule has 1 heterocycles. The number of hydrogen-bond donors (Lipinski definition) is 1. The highest BCUT2D eigenvalue weighted by Crippen LogP contribution is 2.11. The summed E-state index contributed by atoms with van der Waals surface area (Å²) in [7, 11) is 0. The predicted molar refractivity (Wildman–Crippen MR) is 74.6 cm³/mol. The van der Waals surface area contributed by atoms with Crippen molar-refractivity contribution in [3.8, 4) is 0 Å². The van der Waals surface area contributed by atoms with Crippen molar-refractivity contribution in [3.63, 3.8) is 0 Å². The Labute approximate surface area is 114 Å². The minimum Gasteiger partial charge on any atom is -0.389 e. The van der Waals surface area contributed by atoms with Crippen LogP contribution in [0.3, 0.4) is 0 Å². The second-order valence-electron chi connectivity index (χ2n) is 4.14. The van der Waals surface area contributed by atoms with Crippen molar-refractivity contribution in [2.75, 3.05) is 0 Å². The maximum atomic E-state index is 13.9. The van der Waals surface area contributed by atoms with Gasteiger partial charge >= 0.3 is 0 Å². The minimum atomic E-state index is -0.458. The lowest BCUT2D eigenvalue weighted by Gasteiger charge is -2.07. The van der Waals surface area contributed by atoms with Gasteiger partial charge in [0.05, 0.1) is 12.2 Å². The monoisotopic (exact) mass is 277 g/mol. The van der Waals surface area contributed by atoms with Gasteiger partial charge in [-0.3, -0.25) is 4.79 Å². The zero-order valence-corrected chi connectivity index (χ0v) is 11.1. The molecule has 0 bridgehead atoms. The SMILES string of the molecule is Cc1ccc(=O)n(Cc2ccc(C(N)=S)cc2F)n1. The van der Waals surface area contributed by atoms with Crippen LogP contribution in [0.15, 0.2) is 35.1 Å². The topological polar surface area (TPSA) is 60.9 Å². The highest BCUT2D eigenvalue weighted by atomic mass is 32.1.